The Morgan fingerprint density at radius 2 is 1.53 bits per heavy atom. The summed E-state index contributed by atoms with van der Waals surface area (Å²) in [7, 11) is -7.45. The van der Waals surface area contributed by atoms with Gasteiger partial charge in [-0.1, -0.05) is 6.07 Å². The van der Waals surface area contributed by atoms with Gasteiger partial charge in [-0.3, -0.25) is 4.79 Å². The van der Waals surface area contributed by atoms with Crippen LogP contribution in [0.1, 0.15) is 28.7 Å². The van der Waals surface area contributed by atoms with Crippen LogP contribution in [0.4, 0.5) is 4.39 Å². The first-order valence-electron chi connectivity index (χ1n) is 10.2. The molecule has 10 heteroatoms. The fraction of sp³-hybridized carbons (Fsp3) is 0.409. The first kappa shape index (κ1) is 24.3. The van der Waals surface area contributed by atoms with Gasteiger partial charge >= 0.3 is 0 Å². The third-order valence-electron chi connectivity index (χ3n) is 5.98. The van der Waals surface area contributed by atoms with Crippen LogP contribution >= 0.6 is 0 Å². The summed E-state index contributed by atoms with van der Waals surface area (Å²) in [6.07, 6.45) is -0.0779. The number of amides is 1. The van der Waals surface area contributed by atoms with Gasteiger partial charge in [-0.25, -0.2) is 25.9 Å². The van der Waals surface area contributed by atoms with Crippen molar-refractivity contribution in [2.75, 3.05) is 19.6 Å². The molecule has 32 heavy (non-hydrogen) atoms. The van der Waals surface area contributed by atoms with Crippen LogP contribution in [0.15, 0.2) is 40.1 Å². The van der Waals surface area contributed by atoms with Crippen LogP contribution in [0.2, 0.25) is 0 Å². The average Bonchev–Trinajstić information content (AvgIpc) is 2.65. The lowest BCUT2D eigenvalue weighted by molar-refractivity contribution is -0.134. The van der Waals surface area contributed by atoms with Gasteiger partial charge in [0.1, 0.15) is 11.1 Å². The molecule has 0 aromatic heterocycles. The number of sulfonamides is 1. The molecule has 2 aromatic rings. The van der Waals surface area contributed by atoms with Crippen molar-refractivity contribution < 1.29 is 26.0 Å². The highest BCUT2D eigenvalue weighted by Crippen LogP contribution is 2.26. The number of rotatable bonds is 7. The number of nitrogens with one attached hydrogen (secondary N) is 1. The Bertz CT molecular complexity index is 1220. The Morgan fingerprint density at radius 1 is 1.00 bits per heavy atom. The van der Waals surface area contributed by atoms with Crippen molar-refractivity contribution in [2.45, 2.75) is 49.2 Å². The Labute approximate surface area is 188 Å². The zero-order chi connectivity index (χ0) is 23.8. The van der Waals surface area contributed by atoms with Gasteiger partial charge in [0, 0.05) is 26.1 Å². The van der Waals surface area contributed by atoms with Gasteiger partial charge in [0.25, 0.3) is 0 Å². The van der Waals surface area contributed by atoms with E-state index in [0.717, 1.165) is 23.3 Å². The molecular formula is C22H27FN2O5S2. The lowest BCUT2D eigenvalue weighted by Gasteiger charge is -2.38. The summed E-state index contributed by atoms with van der Waals surface area (Å²) < 4.78 is 66.3. The van der Waals surface area contributed by atoms with Crippen molar-refractivity contribution in [3.63, 3.8) is 0 Å². The number of sulfone groups is 1. The lowest BCUT2D eigenvalue weighted by atomic mass is 10.0. The van der Waals surface area contributed by atoms with E-state index in [1.165, 1.54) is 17.0 Å². The van der Waals surface area contributed by atoms with Crippen LogP contribution in [-0.4, -0.2) is 52.5 Å². The summed E-state index contributed by atoms with van der Waals surface area (Å²) in [6, 6.07) is 6.52. The molecule has 1 fully saturated rings. The maximum Gasteiger partial charge on any atom is 0.241 e. The topological polar surface area (TPSA) is 101 Å². The fourth-order valence-corrected chi connectivity index (χ4v) is 7.06. The molecule has 0 aliphatic carbocycles. The average molecular weight is 483 g/mol. The molecule has 1 aliphatic rings. The quantitative estimate of drug-likeness (QED) is 0.611. The van der Waals surface area contributed by atoms with E-state index in [0.29, 0.717) is 11.1 Å². The minimum Gasteiger partial charge on any atom is -0.340 e. The van der Waals surface area contributed by atoms with Crippen LogP contribution in [-0.2, 0) is 24.7 Å². The maximum absolute atomic E-state index is 13.0. The number of carbonyl (C=O) groups is 1. The zero-order valence-electron chi connectivity index (χ0n) is 18.5. The minimum atomic E-state index is -3.80. The number of carbonyl (C=O) groups excluding carboxylic acids is 1. The van der Waals surface area contributed by atoms with E-state index in [-0.39, 0.29) is 41.8 Å². The van der Waals surface area contributed by atoms with Crippen molar-refractivity contribution in [1.29, 1.82) is 0 Å². The van der Waals surface area contributed by atoms with E-state index in [9.17, 15) is 26.0 Å². The number of halogens is 1. The second-order valence-corrected chi connectivity index (χ2v) is 12.1. The minimum absolute atomic E-state index is 0.0166. The van der Waals surface area contributed by atoms with Crippen molar-refractivity contribution in [1.82, 2.24) is 9.62 Å². The van der Waals surface area contributed by atoms with E-state index >= 15 is 0 Å². The summed E-state index contributed by atoms with van der Waals surface area (Å²) >= 11 is 0. The van der Waals surface area contributed by atoms with Crippen molar-refractivity contribution in [3.05, 3.63) is 58.4 Å². The van der Waals surface area contributed by atoms with E-state index in [2.05, 4.69) is 4.72 Å². The van der Waals surface area contributed by atoms with Crippen LogP contribution in [0.25, 0.3) is 0 Å². The first-order chi connectivity index (χ1) is 14.8. The monoisotopic (exact) mass is 482 g/mol. The third kappa shape index (κ3) is 4.72. The molecule has 1 amide bonds. The van der Waals surface area contributed by atoms with Crippen LogP contribution in [0.3, 0.4) is 0 Å². The molecule has 1 N–H and O–H groups in total. The van der Waals surface area contributed by atoms with Gasteiger partial charge in [0.05, 0.1) is 9.79 Å². The molecule has 3 rings (SSSR count). The maximum atomic E-state index is 13.0. The standard InChI is InChI=1S/C22H27FN2O5S2/c1-14-11-15(2)17(4)22(16(14)3)32(29,30)24-10-9-21(26)25-12-20(13-25)31(27,28)19-7-5-18(23)6-8-19/h5-8,11,20,24H,9-10,12-13H2,1-4H3. The van der Waals surface area contributed by atoms with Gasteiger partial charge in [-0.2, -0.15) is 0 Å². The molecule has 1 saturated heterocycles. The van der Waals surface area contributed by atoms with Gasteiger partial charge in [0.15, 0.2) is 9.84 Å². The highest BCUT2D eigenvalue weighted by Gasteiger charge is 2.40. The third-order valence-corrected chi connectivity index (χ3v) is 9.82. The number of benzene rings is 2. The van der Waals surface area contributed by atoms with Crippen LogP contribution < -0.4 is 4.72 Å². The molecule has 7 nitrogen and oxygen atoms in total. The van der Waals surface area contributed by atoms with Crippen LogP contribution in [0, 0.1) is 33.5 Å². The Hall–Kier alpha value is -2.30. The van der Waals surface area contributed by atoms with E-state index in [1.807, 2.05) is 19.9 Å². The summed E-state index contributed by atoms with van der Waals surface area (Å²) in [4.78, 5) is 14.0. The SMILES string of the molecule is Cc1cc(C)c(C)c(S(=O)(=O)NCCC(=O)N2CC(S(=O)(=O)c3ccc(F)cc3)C2)c1C. The molecule has 0 bridgehead atoms. The van der Waals surface area contributed by atoms with E-state index < -0.39 is 30.9 Å². The molecule has 2 aromatic carbocycles. The van der Waals surface area contributed by atoms with Gasteiger partial charge in [0.2, 0.25) is 15.9 Å². The summed E-state index contributed by atoms with van der Waals surface area (Å²) in [5.74, 6) is -0.852. The fourth-order valence-electron chi connectivity index (χ4n) is 3.76. The van der Waals surface area contributed by atoms with Gasteiger partial charge in [-0.15, -0.1) is 0 Å². The number of aryl methyl sites for hydroxylation is 2. The predicted octanol–water partition coefficient (Wildman–Crippen LogP) is 2.41. The number of hydrogen-bond acceptors (Lipinski definition) is 5. The van der Waals surface area contributed by atoms with E-state index in [4.69, 9.17) is 0 Å². The van der Waals surface area contributed by atoms with Crippen LogP contribution in [0.5, 0.6) is 0 Å². The Balaban J connectivity index is 1.57. The molecule has 0 spiro atoms. The Kier molecular flexibility index (Phi) is 6.78. The van der Waals surface area contributed by atoms with Crippen molar-refractivity contribution in [2.24, 2.45) is 0 Å². The first-order valence-corrected chi connectivity index (χ1v) is 13.2. The molecule has 0 saturated carbocycles. The molecule has 174 valence electrons. The Morgan fingerprint density at radius 3 is 2.06 bits per heavy atom. The number of likely N-dealkylation sites (tertiary alicyclic amines) is 1. The highest BCUT2D eigenvalue weighted by molar-refractivity contribution is 7.92. The zero-order valence-corrected chi connectivity index (χ0v) is 20.1. The second kappa shape index (κ2) is 8.92. The van der Waals surface area contributed by atoms with Crippen molar-refractivity contribution in [3.8, 4) is 0 Å². The summed E-state index contributed by atoms with van der Waals surface area (Å²) in [6.45, 7) is 7.18. The second-order valence-electron chi connectivity index (χ2n) is 8.16. The number of hydrogen-bond donors (Lipinski definition) is 1. The molecule has 1 heterocycles. The van der Waals surface area contributed by atoms with Gasteiger partial charge in [-0.05, 0) is 74.2 Å². The smallest absolute Gasteiger partial charge is 0.241 e. The molecule has 1 aliphatic heterocycles. The molecular weight excluding hydrogens is 455 g/mol. The molecule has 0 atom stereocenters. The largest absolute Gasteiger partial charge is 0.340 e. The predicted molar refractivity (Wildman–Crippen MR) is 119 cm³/mol. The number of nitrogens with zero attached hydrogens (tertiary/aromatic N) is 1. The summed E-state index contributed by atoms with van der Waals surface area (Å²) in [5, 5.41) is -0.755. The van der Waals surface area contributed by atoms with Crippen molar-refractivity contribution >= 4 is 25.8 Å². The van der Waals surface area contributed by atoms with E-state index in [1.54, 1.807) is 13.8 Å². The lowest BCUT2D eigenvalue weighted by Crippen LogP contribution is -2.57. The normalized spacial score (nSPS) is 15.0. The highest BCUT2D eigenvalue weighted by atomic mass is 32.2. The molecule has 0 radical (unpaired) electrons. The van der Waals surface area contributed by atoms with Gasteiger partial charge < -0.3 is 4.90 Å². The molecule has 0 unspecified atom stereocenters. The summed E-state index contributed by atoms with van der Waals surface area (Å²) in [5.41, 5.74) is 3.09.